The molecule has 1 atom stereocenters. The van der Waals surface area contributed by atoms with Crippen molar-refractivity contribution in [3.63, 3.8) is 0 Å². The Morgan fingerprint density at radius 1 is 1.26 bits per heavy atom. The maximum atomic E-state index is 12.0. The predicted octanol–water partition coefficient (Wildman–Crippen LogP) is -0.524. The highest BCUT2D eigenvalue weighted by atomic mass is 35.5. The molecule has 7 nitrogen and oxygen atoms in total. The van der Waals surface area contributed by atoms with Gasteiger partial charge in [-0.05, 0) is 13.0 Å². The lowest BCUT2D eigenvalue weighted by Gasteiger charge is -2.28. The molecule has 9 heteroatoms. The highest BCUT2D eigenvalue weighted by Crippen LogP contribution is 2.17. The number of hydrogen-bond donors (Lipinski definition) is 2. The molecule has 0 aromatic rings. The molecule has 0 aromatic heterocycles. The van der Waals surface area contributed by atoms with Crippen LogP contribution in [0.2, 0.25) is 0 Å². The first-order valence-corrected chi connectivity index (χ1v) is 7.76. The first-order valence-electron chi connectivity index (χ1n) is 7.76. The van der Waals surface area contributed by atoms with E-state index in [9.17, 15) is 9.59 Å². The van der Waals surface area contributed by atoms with E-state index in [2.05, 4.69) is 10.2 Å². The van der Waals surface area contributed by atoms with Crippen molar-refractivity contribution >= 4 is 36.6 Å². The summed E-state index contributed by atoms with van der Waals surface area (Å²) in [5, 5.41) is 2.85. The van der Waals surface area contributed by atoms with Crippen molar-refractivity contribution in [2.24, 2.45) is 11.7 Å². The van der Waals surface area contributed by atoms with Crippen molar-refractivity contribution < 1.29 is 14.3 Å². The fourth-order valence-electron chi connectivity index (χ4n) is 2.71. The third-order valence-corrected chi connectivity index (χ3v) is 4.06. The summed E-state index contributed by atoms with van der Waals surface area (Å²) in [6.07, 6.45) is 1.10. The average molecular weight is 371 g/mol. The summed E-state index contributed by atoms with van der Waals surface area (Å²) in [5.41, 5.74) is 5.40. The van der Waals surface area contributed by atoms with Gasteiger partial charge in [0.05, 0.1) is 19.1 Å². The van der Waals surface area contributed by atoms with Crippen molar-refractivity contribution in [3.8, 4) is 0 Å². The van der Waals surface area contributed by atoms with E-state index in [1.165, 1.54) is 0 Å². The van der Waals surface area contributed by atoms with Gasteiger partial charge in [0.2, 0.25) is 11.8 Å². The number of hydrogen-bond acceptors (Lipinski definition) is 5. The Hall–Kier alpha value is -0.600. The fourth-order valence-corrected chi connectivity index (χ4v) is 2.71. The van der Waals surface area contributed by atoms with Crippen LogP contribution in [-0.4, -0.2) is 80.6 Å². The van der Waals surface area contributed by atoms with Gasteiger partial charge in [0.15, 0.2) is 0 Å². The van der Waals surface area contributed by atoms with Gasteiger partial charge < -0.3 is 20.7 Å². The molecule has 0 aromatic carbocycles. The molecular formula is C14H28Cl2N4O3. The summed E-state index contributed by atoms with van der Waals surface area (Å²) in [6, 6.07) is 0. The number of carbonyl (C=O) groups excluding carboxylic acids is 2. The van der Waals surface area contributed by atoms with Crippen molar-refractivity contribution in [1.29, 1.82) is 0 Å². The Morgan fingerprint density at radius 3 is 2.61 bits per heavy atom. The van der Waals surface area contributed by atoms with Crippen LogP contribution in [0.3, 0.4) is 0 Å². The Bertz CT molecular complexity index is 368. The van der Waals surface area contributed by atoms with Gasteiger partial charge in [-0.3, -0.25) is 14.5 Å². The molecule has 3 N–H and O–H groups in total. The summed E-state index contributed by atoms with van der Waals surface area (Å²) in [6.45, 7) is 6.62. The van der Waals surface area contributed by atoms with E-state index in [1.54, 1.807) is 0 Å². The minimum atomic E-state index is -0.208. The van der Waals surface area contributed by atoms with Gasteiger partial charge in [0.25, 0.3) is 0 Å². The van der Waals surface area contributed by atoms with Crippen LogP contribution < -0.4 is 11.1 Å². The Morgan fingerprint density at radius 2 is 1.96 bits per heavy atom. The monoisotopic (exact) mass is 370 g/mol. The lowest BCUT2D eigenvalue weighted by Crippen LogP contribution is -2.42. The second-order valence-corrected chi connectivity index (χ2v) is 5.63. The molecule has 0 bridgehead atoms. The third-order valence-electron chi connectivity index (χ3n) is 4.06. The molecule has 0 radical (unpaired) electrons. The lowest BCUT2D eigenvalue weighted by molar-refractivity contribution is -0.129. The smallest absolute Gasteiger partial charge is 0.225 e. The standard InChI is InChI=1S/C14H26N4O3.2ClH/c15-2-1-3-16-14(20)12-10-13(19)18(11-12)5-4-17-6-8-21-9-7-17;;/h12H,1-11,15H2,(H,16,20);2*1H. The topological polar surface area (TPSA) is 87.9 Å². The molecule has 2 aliphatic rings. The van der Waals surface area contributed by atoms with Crippen LogP contribution in [0.15, 0.2) is 0 Å². The number of nitrogens with zero attached hydrogens (tertiary/aromatic N) is 2. The number of halogens is 2. The average Bonchev–Trinajstić information content (AvgIpc) is 2.88. The van der Waals surface area contributed by atoms with Crippen molar-refractivity contribution in [2.75, 3.05) is 59.0 Å². The van der Waals surface area contributed by atoms with Crippen molar-refractivity contribution in [1.82, 2.24) is 15.1 Å². The summed E-state index contributed by atoms with van der Waals surface area (Å²) in [4.78, 5) is 28.0. The molecule has 0 aliphatic carbocycles. The SMILES string of the molecule is Cl.Cl.NCCCNC(=O)C1CC(=O)N(CCN2CCOCC2)C1. The number of nitrogens with two attached hydrogens (primary N) is 1. The maximum Gasteiger partial charge on any atom is 0.225 e. The van der Waals surface area contributed by atoms with E-state index < -0.39 is 0 Å². The molecular weight excluding hydrogens is 343 g/mol. The van der Waals surface area contributed by atoms with Gasteiger partial charge >= 0.3 is 0 Å². The molecule has 2 aliphatic heterocycles. The van der Waals surface area contributed by atoms with E-state index in [0.717, 1.165) is 39.3 Å². The summed E-state index contributed by atoms with van der Waals surface area (Å²) < 4.78 is 5.30. The number of carbonyl (C=O) groups is 2. The Balaban J connectivity index is 0.00000242. The number of ether oxygens (including phenoxy) is 1. The molecule has 2 rings (SSSR count). The molecule has 1 unspecified atom stereocenters. The summed E-state index contributed by atoms with van der Waals surface area (Å²) in [5.74, 6) is -0.145. The van der Waals surface area contributed by atoms with Crippen LogP contribution in [0.1, 0.15) is 12.8 Å². The highest BCUT2D eigenvalue weighted by molar-refractivity contribution is 5.89. The van der Waals surface area contributed by atoms with Gasteiger partial charge in [0, 0.05) is 45.7 Å². The normalized spacial score (nSPS) is 21.5. The number of likely N-dealkylation sites (tertiary alicyclic amines) is 1. The van der Waals surface area contributed by atoms with E-state index in [-0.39, 0.29) is 42.5 Å². The minimum Gasteiger partial charge on any atom is -0.379 e. The number of morpholine rings is 1. The zero-order valence-corrected chi connectivity index (χ0v) is 15.0. The maximum absolute atomic E-state index is 12.0. The van der Waals surface area contributed by atoms with Crippen LogP contribution in [0.5, 0.6) is 0 Å². The van der Waals surface area contributed by atoms with Crippen LogP contribution >= 0.6 is 24.8 Å². The quantitative estimate of drug-likeness (QED) is 0.588. The summed E-state index contributed by atoms with van der Waals surface area (Å²) in [7, 11) is 0. The minimum absolute atomic E-state index is 0. The van der Waals surface area contributed by atoms with E-state index in [0.29, 0.717) is 32.6 Å². The van der Waals surface area contributed by atoms with Gasteiger partial charge in [-0.25, -0.2) is 0 Å². The second-order valence-electron chi connectivity index (χ2n) is 5.63. The third kappa shape index (κ3) is 7.22. The largest absolute Gasteiger partial charge is 0.379 e. The van der Waals surface area contributed by atoms with Gasteiger partial charge in [-0.1, -0.05) is 0 Å². The van der Waals surface area contributed by atoms with Gasteiger partial charge in [-0.15, -0.1) is 24.8 Å². The van der Waals surface area contributed by atoms with Crippen molar-refractivity contribution in [3.05, 3.63) is 0 Å². The number of amides is 2. The van der Waals surface area contributed by atoms with Crippen LogP contribution in [0.25, 0.3) is 0 Å². The predicted molar refractivity (Wildman–Crippen MR) is 93.1 cm³/mol. The molecule has 0 spiro atoms. The molecule has 2 amide bonds. The Labute approximate surface area is 150 Å². The first-order chi connectivity index (χ1) is 10.2. The zero-order chi connectivity index (χ0) is 15.1. The van der Waals surface area contributed by atoms with Gasteiger partial charge in [0.1, 0.15) is 0 Å². The molecule has 0 saturated carbocycles. The molecule has 2 saturated heterocycles. The molecule has 2 fully saturated rings. The van der Waals surface area contributed by atoms with Gasteiger partial charge in [-0.2, -0.15) is 0 Å². The molecule has 2 heterocycles. The van der Waals surface area contributed by atoms with E-state index in [4.69, 9.17) is 10.5 Å². The highest BCUT2D eigenvalue weighted by Gasteiger charge is 2.34. The number of nitrogens with one attached hydrogen (secondary N) is 1. The zero-order valence-electron chi connectivity index (χ0n) is 13.4. The number of rotatable bonds is 7. The molecule has 23 heavy (non-hydrogen) atoms. The Kier molecular flexibility index (Phi) is 11.6. The lowest BCUT2D eigenvalue weighted by atomic mass is 10.1. The van der Waals surface area contributed by atoms with Crippen LogP contribution in [0.4, 0.5) is 0 Å². The van der Waals surface area contributed by atoms with Crippen molar-refractivity contribution in [2.45, 2.75) is 12.8 Å². The molecule has 136 valence electrons. The second kappa shape index (κ2) is 11.9. The first kappa shape index (κ1) is 22.4. The van der Waals surface area contributed by atoms with Crippen LogP contribution in [0, 0.1) is 5.92 Å². The van der Waals surface area contributed by atoms with Crippen LogP contribution in [-0.2, 0) is 14.3 Å². The van der Waals surface area contributed by atoms with E-state index in [1.807, 2.05) is 4.90 Å². The summed E-state index contributed by atoms with van der Waals surface area (Å²) >= 11 is 0. The van der Waals surface area contributed by atoms with E-state index >= 15 is 0 Å². The fraction of sp³-hybridized carbons (Fsp3) is 0.857.